The van der Waals surface area contributed by atoms with E-state index < -0.39 is 11.7 Å². The Morgan fingerprint density at radius 2 is 1.93 bits per heavy atom. The molecule has 1 saturated carbocycles. The molecule has 7 nitrogen and oxygen atoms in total. The molecular weight excluding hydrogens is 541 g/mol. The van der Waals surface area contributed by atoms with Crippen molar-refractivity contribution in [3.63, 3.8) is 0 Å². The van der Waals surface area contributed by atoms with Gasteiger partial charge < -0.3 is 9.88 Å². The Kier molecular flexibility index (Phi) is 10.3. The molecule has 4 rings (SSSR count). The highest BCUT2D eigenvalue weighted by Crippen LogP contribution is 2.33. The molecule has 224 valence electrons. The predicted octanol–water partition coefficient (Wildman–Crippen LogP) is 7.55. The first-order valence-electron chi connectivity index (χ1n) is 14.6. The van der Waals surface area contributed by atoms with Crippen LogP contribution in [0.15, 0.2) is 52.6 Å². The van der Waals surface area contributed by atoms with Crippen molar-refractivity contribution in [2.45, 2.75) is 84.0 Å². The molecular formula is C32H39F3N6O. The lowest BCUT2D eigenvalue weighted by Gasteiger charge is -2.28. The van der Waals surface area contributed by atoms with E-state index >= 15 is 0 Å². The van der Waals surface area contributed by atoms with Crippen LogP contribution in [0.5, 0.6) is 0 Å². The van der Waals surface area contributed by atoms with E-state index in [1.807, 2.05) is 16.7 Å². The van der Waals surface area contributed by atoms with Crippen molar-refractivity contribution < 1.29 is 18.0 Å². The van der Waals surface area contributed by atoms with Gasteiger partial charge in [0, 0.05) is 26.0 Å². The molecule has 1 unspecified atom stereocenters. The average Bonchev–Trinajstić information content (AvgIpc) is 3.28. The third kappa shape index (κ3) is 7.33. The Morgan fingerprint density at radius 1 is 1.19 bits per heavy atom. The van der Waals surface area contributed by atoms with Crippen LogP contribution in [0.25, 0.3) is 11.5 Å². The zero-order chi connectivity index (χ0) is 30.3. The summed E-state index contributed by atoms with van der Waals surface area (Å²) < 4.78 is 41.7. The number of aliphatic imine (C=N–C) groups is 2. The van der Waals surface area contributed by atoms with E-state index in [2.05, 4.69) is 36.1 Å². The Balaban J connectivity index is 1.86. The Bertz CT molecular complexity index is 1410. The Hall–Kier alpha value is -3.82. The number of carbonyl (C=O) groups is 1. The molecule has 0 aliphatic heterocycles. The molecule has 2 atom stereocenters. The van der Waals surface area contributed by atoms with Crippen LogP contribution in [0, 0.1) is 5.92 Å². The summed E-state index contributed by atoms with van der Waals surface area (Å²) in [5.41, 5.74) is 2.32. The molecule has 1 aliphatic rings. The second-order valence-corrected chi connectivity index (χ2v) is 10.9. The lowest BCUT2D eigenvalue weighted by molar-refractivity contribution is -0.137. The number of aromatic nitrogens is 3. The lowest BCUT2D eigenvalue weighted by Crippen LogP contribution is -2.23. The fourth-order valence-corrected chi connectivity index (χ4v) is 5.30. The molecule has 0 radical (unpaired) electrons. The van der Waals surface area contributed by atoms with E-state index in [0.29, 0.717) is 46.7 Å². The molecule has 0 spiro atoms. The molecule has 0 bridgehead atoms. The largest absolute Gasteiger partial charge is 0.416 e. The van der Waals surface area contributed by atoms with Crippen LogP contribution in [0.4, 0.5) is 19.0 Å². The summed E-state index contributed by atoms with van der Waals surface area (Å²) in [7, 11) is 1.51. The SMILES string of the molecule is CCCC(CC)c1ccnc(-c2nc(NC(C=O)=NC)c(C=N[C@H](C)C3CCC3)n2Cc2ccc(C(F)(F)F)cc2)c1. The normalized spacial score (nSPS) is 15.9. The van der Waals surface area contributed by atoms with Crippen LogP contribution in [0.2, 0.25) is 0 Å². The molecule has 1 N–H and O–H groups in total. The van der Waals surface area contributed by atoms with Gasteiger partial charge in [0.25, 0.3) is 0 Å². The zero-order valence-corrected chi connectivity index (χ0v) is 24.7. The molecule has 2 aromatic heterocycles. The van der Waals surface area contributed by atoms with Gasteiger partial charge in [-0.15, -0.1) is 0 Å². The fraction of sp³-hybridized carbons (Fsp3) is 0.469. The Labute approximate surface area is 245 Å². The third-order valence-corrected chi connectivity index (χ3v) is 8.11. The minimum Gasteiger partial charge on any atom is -0.321 e. The number of hydrogen-bond donors (Lipinski definition) is 1. The first kappa shape index (κ1) is 31.1. The first-order valence-corrected chi connectivity index (χ1v) is 14.6. The number of imidazole rings is 1. The maximum atomic E-state index is 13.3. The minimum atomic E-state index is -4.42. The number of pyridine rings is 1. The van der Waals surface area contributed by atoms with Gasteiger partial charge in [0.05, 0.1) is 11.6 Å². The summed E-state index contributed by atoms with van der Waals surface area (Å²) in [6.07, 6.45) is 6.24. The summed E-state index contributed by atoms with van der Waals surface area (Å²) in [4.78, 5) is 30.1. The van der Waals surface area contributed by atoms with Gasteiger partial charge in [0.2, 0.25) is 0 Å². The highest BCUT2D eigenvalue weighted by molar-refractivity contribution is 6.32. The van der Waals surface area contributed by atoms with E-state index in [1.165, 1.54) is 25.6 Å². The van der Waals surface area contributed by atoms with Gasteiger partial charge >= 0.3 is 6.18 Å². The van der Waals surface area contributed by atoms with Gasteiger partial charge in [0.1, 0.15) is 11.4 Å². The molecule has 1 fully saturated rings. The van der Waals surface area contributed by atoms with Crippen LogP contribution in [-0.2, 0) is 17.5 Å². The highest BCUT2D eigenvalue weighted by Gasteiger charge is 2.30. The van der Waals surface area contributed by atoms with Gasteiger partial charge in [-0.3, -0.25) is 19.8 Å². The summed E-state index contributed by atoms with van der Waals surface area (Å²) in [6, 6.07) is 9.26. The van der Waals surface area contributed by atoms with Gasteiger partial charge in [-0.1, -0.05) is 38.8 Å². The van der Waals surface area contributed by atoms with E-state index in [-0.39, 0.29) is 18.4 Å². The molecule has 0 saturated heterocycles. The van der Waals surface area contributed by atoms with Gasteiger partial charge in [-0.2, -0.15) is 13.2 Å². The van der Waals surface area contributed by atoms with Crippen molar-refractivity contribution in [1.82, 2.24) is 14.5 Å². The molecule has 3 aromatic rings. The summed E-state index contributed by atoms with van der Waals surface area (Å²) in [5.74, 6) is 1.87. The van der Waals surface area contributed by atoms with Crippen molar-refractivity contribution in [3.8, 4) is 11.5 Å². The standard InChI is InChI=1S/C32H39F3N6O/c1-5-8-23(6-2)25-15-16-37-27(17-25)31-40-30(39-29(20-42)36-4)28(18-38-21(3)24-9-7-10-24)41(31)19-22-11-13-26(14-12-22)32(33,34)35/h11-18,20-21,23-24H,5-10,19H2,1-4H3,(H,36,39)/t21-,23?/m1/s1. The van der Waals surface area contributed by atoms with Crippen molar-refractivity contribution in [1.29, 1.82) is 0 Å². The summed E-state index contributed by atoms with van der Waals surface area (Å²) >= 11 is 0. The number of nitrogens with one attached hydrogen (secondary N) is 1. The smallest absolute Gasteiger partial charge is 0.321 e. The number of amidine groups is 1. The van der Waals surface area contributed by atoms with Gasteiger partial charge in [-0.25, -0.2) is 4.98 Å². The zero-order valence-electron chi connectivity index (χ0n) is 24.7. The van der Waals surface area contributed by atoms with Crippen LogP contribution in [0.1, 0.15) is 87.6 Å². The van der Waals surface area contributed by atoms with Gasteiger partial charge in [-0.05, 0) is 79.8 Å². The topological polar surface area (TPSA) is 84.5 Å². The number of alkyl halides is 3. The number of hydrogen-bond acceptors (Lipinski definition) is 5. The van der Waals surface area contributed by atoms with Crippen LogP contribution in [-0.4, -0.2) is 46.0 Å². The van der Waals surface area contributed by atoms with Crippen molar-refractivity contribution >= 4 is 24.2 Å². The summed E-state index contributed by atoms with van der Waals surface area (Å²) in [6.45, 7) is 6.63. The molecule has 10 heteroatoms. The van der Waals surface area contributed by atoms with Crippen molar-refractivity contribution in [2.75, 3.05) is 12.4 Å². The van der Waals surface area contributed by atoms with E-state index in [1.54, 1.807) is 12.4 Å². The van der Waals surface area contributed by atoms with Crippen molar-refractivity contribution in [2.24, 2.45) is 15.9 Å². The van der Waals surface area contributed by atoms with Crippen LogP contribution in [0.3, 0.4) is 0 Å². The molecule has 0 amide bonds. The number of benzene rings is 1. The van der Waals surface area contributed by atoms with Gasteiger partial charge in [0.15, 0.2) is 23.8 Å². The number of anilines is 1. The number of rotatable bonds is 12. The van der Waals surface area contributed by atoms with E-state index in [0.717, 1.165) is 49.8 Å². The van der Waals surface area contributed by atoms with Crippen molar-refractivity contribution in [3.05, 3.63) is 65.0 Å². The predicted molar refractivity (Wildman–Crippen MR) is 161 cm³/mol. The first-order chi connectivity index (χ1) is 20.2. The third-order valence-electron chi connectivity index (χ3n) is 8.11. The fourth-order valence-electron chi connectivity index (χ4n) is 5.30. The molecule has 2 heterocycles. The van der Waals surface area contributed by atoms with E-state index in [9.17, 15) is 18.0 Å². The number of aldehydes is 1. The molecule has 1 aromatic carbocycles. The second kappa shape index (κ2) is 13.9. The van der Waals surface area contributed by atoms with E-state index in [4.69, 9.17) is 9.98 Å². The number of carbonyl (C=O) groups excluding carboxylic acids is 1. The monoisotopic (exact) mass is 580 g/mol. The second-order valence-electron chi connectivity index (χ2n) is 10.9. The minimum absolute atomic E-state index is 0.0932. The summed E-state index contributed by atoms with van der Waals surface area (Å²) in [5, 5.41) is 3.02. The average molecular weight is 581 g/mol. The van der Waals surface area contributed by atoms with Crippen LogP contribution < -0.4 is 5.32 Å². The molecule has 1 aliphatic carbocycles. The quantitative estimate of drug-likeness (QED) is 0.136. The lowest BCUT2D eigenvalue weighted by atomic mass is 9.81. The maximum Gasteiger partial charge on any atom is 0.416 e. The Morgan fingerprint density at radius 3 is 2.50 bits per heavy atom. The number of halogens is 3. The van der Waals surface area contributed by atoms with Crippen LogP contribution >= 0.6 is 0 Å². The maximum absolute atomic E-state index is 13.3. The molecule has 42 heavy (non-hydrogen) atoms. The number of nitrogens with zero attached hydrogens (tertiary/aromatic N) is 5. The highest BCUT2D eigenvalue weighted by atomic mass is 19.4.